The van der Waals surface area contributed by atoms with E-state index in [2.05, 4.69) is 43.5 Å². The van der Waals surface area contributed by atoms with E-state index < -0.39 is 0 Å². The molecule has 0 atom stereocenters. The van der Waals surface area contributed by atoms with Gasteiger partial charge >= 0.3 is 6.03 Å². The fourth-order valence-electron chi connectivity index (χ4n) is 2.59. The molecule has 0 unspecified atom stereocenters. The van der Waals surface area contributed by atoms with Crippen LogP contribution in [0, 0.1) is 5.82 Å². The van der Waals surface area contributed by atoms with Crippen molar-refractivity contribution in [2.45, 2.75) is 39.0 Å². The number of carbonyl (C=O) groups excluding carboxylic acids is 1. The number of amides is 2. The molecule has 146 valence electrons. The molecular weight excluding hydrogens is 343 g/mol. The Kier molecular flexibility index (Phi) is 7.65. The standard InChI is InChI=1S/C22H29FN2O2/c1-22(2,3)18-9-11-19(12-10-18)27-16-6-14-24-21(26)25-15-13-17-7-4-5-8-20(17)23/h4-5,7-12H,6,13-16H2,1-3H3,(H2,24,25,26). The summed E-state index contributed by atoms with van der Waals surface area (Å²) in [6.45, 7) is 7.97. The van der Waals surface area contributed by atoms with Crippen molar-refractivity contribution in [3.8, 4) is 5.75 Å². The van der Waals surface area contributed by atoms with Gasteiger partial charge in [0.1, 0.15) is 11.6 Å². The third-order valence-corrected chi connectivity index (χ3v) is 4.23. The lowest BCUT2D eigenvalue weighted by Gasteiger charge is -2.19. The summed E-state index contributed by atoms with van der Waals surface area (Å²) < 4.78 is 19.2. The highest BCUT2D eigenvalue weighted by atomic mass is 19.1. The van der Waals surface area contributed by atoms with Crippen molar-refractivity contribution < 1.29 is 13.9 Å². The summed E-state index contributed by atoms with van der Waals surface area (Å²) in [6, 6.07) is 14.4. The van der Waals surface area contributed by atoms with Gasteiger partial charge in [0.15, 0.2) is 0 Å². The molecule has 2 aromatic carbocycles. The first-order chi connectivity index (χ1) is 12.9. The zero-order valence-corrected chi connectivity index (χ0v) is 16.3. The Morgan fingerprint density at radius 3 is 2.33 bits per heavy atom. The molecule has 0 aliphatic rings. The highest BCUT2D eigenvalue weighted by Crippen LogP contribution is 2.24. The van der Waals surface area contributed by atoms with Crippen LogP contribution in [0.5, 0.6) is 5.75 Å². The minimum Gasteiger partial charge on any atom is -0.494 e. The molecule has 0 radical (unpaired) electrons. The second kappa shape index (κ2) is 9.95. The van der Waals surface area contributed by atoms with E-state index in [0.29, 0.717) is 38.1 Å². The summed E-state index contributed by atoms with van der Waals surface area (Å²) in [5.74, 6) is 0.588. The first kappa shape index (κ1) is 20.7. The maximum Gasteiger partial charge on any atom is 0.314 e. The van der Waals surface area contributed by atoms with E-state index in [-0.39, 0.29) is 17.3 Å². The molecule has 0 saturated carbocycles. The number of nitrogens with one attached hydrogen (secondary N) is 2. The van der Waals surface area contributed by atoms with Gasteiger partial charge in [-0.25, -0.2) is 9.18 Å². The van der Waals surface area contributed by atoms with Gasteiger partial charge in [-0.15, -0.1) is 0 Å². The van der Waals surface area contributed by atoms with Crippen LogP contribution < -0.4 is 15.4 Å². The van der Waals surface area contributed by atoms with Gasteiger partial charge in [-0.2, -0.15) is 0 Å². The zero-order chi connectivity index (χ0) is 19.7. The molecular formula is C22H29FN2O2. The summed E-state index contributed by atoms with van der Waals surface area (Å²) in [5.41, 5.74) is 1.99. The average Bonchev–Trinajstić information content (AvgIpc) is 2.63. The molecule has 2 N–H and O–H groups in total. The SMILES string of the molecule is CC(C)(C)c1ccc(OCCCNC(=O)NCCc2ccccc2F)cc1. The number of hydrogen-bond acceptors (Lipinski definition) is 2. The minimum atomic E-state index is -0.249. The molecule has 4 nitrogen and oxygen atoms in total. The number of carbonyl (C=O) groups is 1. The monoisotopic (exact) mass is 372 g/mol. The van der Waals surface area contributed by atoms with Crippen LogP contribution in [0.2, 0.25) is 0 Å². The molecule has 0 bridgehead atoms. The summed E-state index contributed by atoms with van der Waals surface area (Å²) in [7, 11) is 0. The maximum atomic E-state index is 13.5. The minimum absolute atomic E-state index is 0.127. The fourth-order valence-corrected chi connectivity index (χ4v) is 2.59. The molecule has 0 aromatic heterocycles. The lowest BCUT2D eigenvalue weighted by atomic mass is 9.87. The molecule has 2 amide bonds. The van der Waals surface area contributed by atoms with Gasteiger partial charge < -0.3 is 15.4 Å². The number of rotatable bonds is 8. The topological polar surface area (TPSA) is 50.4 Å². The van der Waals surface area contributed by atoms with Gasteiger partial charge in [0.25, 0.3) is 0 Å². The number of urea groups is 1. The molecule has 27 heavy (non-hydrogen) atoms. The van der Waals surface area contributed by atoms with E-state index in [0.717, 1.165) is 5.75 Å². The Labute approximate surface area is 161 Å². The maximum absolute atomic E-state index is 13.5. The summed E-state index contributed by atoms with van der Waals surface area (Å²) >= 11 is 0. The molecule has 0 heterocycles. The first-order valence-electron chi connectivity index (χ1n) is 9.35. The number of hydrogen-bond donors (Lipinski definition) is 2. The van der Waals surface area contributed by atoms with Crippen molar-refractivity contribution >= 4 is 6.03 Å². The van der Waals surface area contributed by atoms with Crippen molar-refractivity contribution in [1.29, 1.82) is 0 Å². The van der Waals surface area contributed by atoms with E-state index in [1.807, 2.05) is 12.1 Å². The summed E-state index contributed by atoms with van der Waals surface area (Å²) in [6.07, 6.45) is 1.18. The second-order valence-electron chi connectivity index (χ2n) is 7.50. The normalized spacial score (nSPS) is 11.1. The molecule has 0 spiro atoms. The Hall–Kier alpha value is -2.56. The lowest BCUT2D eigenvalue weighted by molar-refractivity contribution is 0.239. The van der Waals surface area contributed by atoms with E-state index >= 15 is 0 Å². The predicted octanol–water partition coefficient (Wildman–Crippen LogP) is 4.43. The highest BCUT2D eigenvalue weighted by Gasteiger charge is 2.12. The molecule has 0 aliphatic heterocycles. The molecule has 0 saturated heterocycles. The number of ether oxygens (including phenoxy) is 1. The third kappa shape index (κ3) is 7.29. The molecule has 0 aliphatic carbocycles. The van der Waals surface area contributed by atoms with E-state index in [4.69, 9.17) is 4.74 Å². The second-order valence-corrected chi connectivity index (χ2v) is 7.50. The van der Waals surface area contributed by atoms with Gasteiger partial charge in [0.2, 0.25) is 0 Å². The summed E-state index contributed by atoms with van der Waals surface area (Å²) in [4.78, 5) is 11.7. The van der Waals surface area contributed by atoms with Crippen LogP contribution in [0.1, 0.15) is 38.3 Å². The van der Waals surface area contributed by atoms with Gasteiger partial charge in [-0.1, -0.05) is 51.1 Å². The van der Waals surface area contributed by atoms with E-state index in [1.54, 1.807) is 18.2 Å². The van der Waals surface area contributed by atoms with E-state index in [1.165, 1.54) is 11.6 Å². The van der Waals surface area contributed by atoms with Crippen molar-refractivity contribution in [3.05, 3.63) is 65.5 Å². The Morgan fingerprint density at radius 1 is 1.00 bits per heavy atom. The van der Waals surface area contributed by atoms with Crippen molar-refractivity contribution in [2.24, 2.45) is 0 Å². The van der Waals surface area contributed by atoms with Crippen LogP contribution in [0.15, 0.2) is 48.5 Å². The Morgan fingerprint density at radius 2 is 1.67 bits per heavy atom. The first-order valence-corrected chi connectivity index (χ1v) is 9.35. The Balaban J connectivity index is 1.57. The zero-order valence-electron chi connectivity index (χ0n) is 16.3. The molecule has 5 heteroatoms. The van der Waals surface area contributed by atoms with Gasteiger partial charge in [-0.05, 0) is 47.6 Å². The van der Waals surface area contributed by atoms with Gasteiger partial charge in [-0.3, -0.25) is 0 Å². The van der Waals surface area contributed by atoms with Crippen LogP contribution in [-0.4, -0.2) is 25.7 Å². The lowest BCUT2D eigenvalue weighted by Crippen LogP contribution is -2.37. The van der Waals surface area contributed by atoms with Crippen LogP contribution >= 0.6 is 0 Å². The highest BCUT2D eigenvalue weighted by molar-refractivity contribution is 5.73. The number of halogens is 1. The molecule has 2 aromatic rings. The van der Waals surface area contributed by atoms with Crippen molar-refractivity contribution in [3.63, 3.8) is 0 Å². The average molecular weight is 372 g/mol. The molecule has 2 rings (SSSR count). The quantitative estimate of drug-likeness (QED) is 0.673. The third-order valence-electron chi connectivity index (χ3n) is 4.23. The Bertz CT molecular complexity index is 724. The fraction of sp³-hybridized carbons (Fsp3) is 0.409. The van der Waals surface area contributed by atoms with Crippen molar-refractivity contribution in [2.75, 3.05) is 19.7 Å². The predicted molar refractivity (Wildman–Crippen MR) is 107 cm³/mol. The summed E-state index contributed by atoms with van der Waals surface area (Å²) in [5, 5.41) is 5.50. The van der Waals surface area contributed by atoms with E-state index in [9.17, 15) is 9.18 Å². The largest absolute Gasteiger partial charge is 0.494 e. The van der Waals surface area contributed by atoms with Crippen LogP contribution in [0.25, 0.3) is 0 Å². The van der Waals surface area contributed by atoms with Crippen LogP contribution in [-0.2, 0) is 11.8 Å². The molecule has 0 fully saturated rings. The van der Waals surface area contributed by atoms with Crippen molar-refractivity contribution in [1.82, 2.24) is 10.6 Å². The smallest absolute Gasteiger partial charge is 0.314 e. The van der Waals surface area contributed by atoms with Gasteiger partial charge in [0, 0.05) is 13.1 Å². The van der Waals surface area contributed by atoms with Gasteiger partial charge in [0.05, 0.1) is 6.61 Å². The van der Waals surface area contributed by atoms with Crippen LogP contribution in [0.3, 0.4) is 0 Å². The number of benzene rings is 2. The van der Waals surface area contributed by atoms with Crippen LogP contribution in [0.4, 0.5) is 9.18 Å².